The maximum atomic E-state index is 12.0. The van der Waals surface area contributed by atoms with Crippen LogP contribution >= 0.6 is 0 Å². The van der Waals surface area contributed by atoms with Crippen molar-refractivity contribution in [2.24, 2.45) is 0 Å². The zero-order chi connectivity index (χ0) is 12.5. The molecule has 2 rings (SSSR count). The van der Waals surface area contributed by atoms with Crippen LogP contribution in [0.2, 0.25) is 0 Å². The molecule has 6 heteroatoms. The smallest absolute Gasteiger partial charge is 0.258 e. The van der Waals surface area contributed by atoms with Gasteiger partial charge in [0.15, 0.2) is 0 Å². The number of nitrogens with zero attached hydrogens (tertiary/aromatic N) is 2. The Labute approximate surface area is 99.9 Å². The monoisotopic (exact) mass is 251 g/mol. The number of hydrogen-bond donors (Lipinski definition) is 1. The van der Waals surface area contributed by atoms with Crippen molar-refractivity contribution in [1.29, 1.82) is 0 Å². The summed E-state index contributed by atoms with van der Waals surface area (Å²) in [6, 6.07) is 8.81. The standard InChI is InChI=1S/C11H13N3O2S/c1-9-4-2-3-5-10(9)8-17(15,16)14-7-6-11(12)13-14/h2-7H,8H2,1H3,(H2,12,13). The number of aryl methyl sites for hydroxylation is 1. The van der Waals surface area contributed by atoms with E-state index in [1.807, 2.05) is 25.1 Å². The summed E-state index contributed by atoms with van der Waals surface area (Å²) in [5.74, 6) is 0.110. The molecule has 0 unspecified atom stereocenters. The molecule has 0 atom stereocenters. The Morgan fingerprint density at radius 2 is 2.00 bits per heavy atom. The molecule has 2 N–H and O–H groups in total. The Bertz CT molecular complexity index is 632. The molecule has 0 saturated carbocycles. The molecular weight excluding hydrogens is 238 g/mol. The molecule has 0 amide bonds. The molecule has 90 valence electrons. The van der Waals surface area contributed by atoms with E-state index in [-0.39, 0.29) is 11.6 Å². The number of nitrogen functional groups attached to an aromatic ring is 1. The average molecular weight is 251 g/mol. The van der Waals surface area contributed by atoms with E-state index in [0.717, 1.165) is 15.2 Å². The van der Waals surface area contributed by atoms with Crippen LogP contribution in [0.5, 0.6) is 0 Å². The van der Waals surface area contributed by atoms with Crippen LogP contribution in [0.1, 0.15) is 11.1 Å². The summed E-state index contributed by atoms with van der Waals surface area (Å²) in [4.78, 5) is 0. The van der Waals surface area contributed by atoms with Gasteiger partial charge in [-0.2, -0.15) is 4.09 Å². The molecular formula is C11H13N3O2S. The first-order chi connectivity index (χ1) is 7.99. The second-order valence-electron chi connectivity index (χ2n) is 3.80. The first-order valence-electron chi connectivity index (χ1n) is 5.08. The molecule has 2 aromatic rings. The van der Waals surface area contributed by atoms with Gasteiger partial charge in [0.1, 0.15) is 5.82 Å². The molecule has 0 radical (unpaired) electrons. The van der Waals surface area contributed by atoms with Crippen molar-refractivity contribution in [3.8, 4) is 0 Å². The molecule has 0 spiro atoms. The maximum Gasteiger partial charge on any atom is 0.258 e. The summed E-state index contributed by atoms with van der Waals surface area (Å²) >= 11 is 0. The van der Waals surface area contributed by atoms with Crippen molar-refractivity contribution in [3.63, 3.8) is 0 Å². The second kappa shape index (κ2) is 4.21. The van der Waals surface area contributed by atoms with Crippen LogP contribution in [-0.4, -0.2) is 17.6 Å². The first kappa shape index (κ1) is 11.7. The number of rotatable bonds is 3. The molecule has 0 bridgehead atoms. The van der Waals surface area contributed by atoms with Crippen molar-refractivity contribution in [1.82, 2.24) is 9.19 Å². The van der Waals surface area contributed by atoms with Gasteiger partial charge in [0.25, 0.3) is 10.0 Å². The predicted octanol–water partition coefficient (Wildman–Crippen LogP) is 1.15. The van der Waals surface area contributed by atoms with Gasteiger partial charge in [0.2, 0.25) is 0 Å². The lowest BCUT2D eigenvalue weighted by molar-refractivity contribution is 0.579. The fourth-order valence-corrected chi connectivity index (χ4v) is 2.82. The molecule has 0 aliphatic rings. The van der Waals surface area contributed by atoms with Gasteiger partial charge in [0.05, 0.1) is 5.75 Å². The van der Waals surface area contributed by atoms with Crippen LogP contribution in [0.15, 0.2) is 36.5 Å². The van der Waals surface area contributed by atoms with E-state index in [1.54, 1.807) is 6.07 Å². The first-order valence-corrected chi connectivity index (χ1v) is 6.69. The highest BCUT2D eigenvalue weighted by molar-refractivity contribution is 7.89. The van der Waals surface area contributed by atoms with Crippen LogP contribution in [0, 0.1) is 6.92 Å². The number of benzene rings is 1. The van der Waals surface area contributed by atoms with Crippen molar-refractivity contribution >= 4 is 15.8 Å². The highest BCUT2D eigenvalue weighted by Gasteiger charge is 2.16. The molecule has 5 nitrogen and oxygen atoms in total. The van der Waals surface area contributed by atoms with E-state index in [1.165, 1.54) is 12.3 Å². The molecule has 0 fully saturated rings. The third-order valence-corrected chi connectivity index (χ3v) is 3.92. The predicted molar refractivity (Wildman–Crippen MR) is 65.8 cm³/mol. The second-order valence-corrected chi connectivity index (χ2v) is 5.62. The van der Waals surface area contributed by atoms with Crippen molar-refractivity contribution in [3.05, 3.63) is 47.7 Å². The highest BCUT2D eigenvalue weighted by atomic mass is 32.2. The van der Waals surface area contributed by atoms with Crippen LogP contribution in [0.25, 0.3) is 0 Å². The molecule has 1 heterocycles. The molecule has 1 aromatic carbocycles. The minimum atomic E-state index is -3.49. The third kappa shape index (κ3) is 2.47. The van der Waals surface area contributed by atoms with E-state index < -0.39 is 10.0 Å². The van der Waals surface area contributed by atoms with Gasteiger partial charge >= 0.3 is 0 Å². The molecule has 0 aliphatic carbocycles. The summed E-state index contributed by atoms with van der Waals surface area (Å²) in [6.07, 6.45) is 1.35. The SMILES string of the molecule is Cc1ccccc1CS(=O)(=O)n1ccc(N)n1. The highest BCUT2D eigenvalue weighted by Crippen LogP contribution is 2.13. The minimum absolute atomic E-state index is 0.0825. The van der Waals surface area contributed by atoms with E-state index in [4.69, 9.17) is 5.73 Å². The van der Waals surface area contributed by atoms with Gasteiger partial charge in [-0.15, -0.1) is 5.10 Å². The normalized spacial score (nSPS) is 11.6. The van der Waals surface area contributed by atoms with Crippen molar-refractivity contribution in [2.75, 3.05) is 5.73 Å². The Balaban J connectivity index is 2.33. The lowest BCUT2D eigenvalue weighted by Crippen LogP contribution is -2.16. The molecule has 0 aliphatic heterocycles. The Morgan fingerprint density at radius 3 is 2.59 bits per heavy atom. The number of nitrogens with two attached hydrogens (primary N) is 1. The summed E-state index contributed by atoms with van der Waals surface area (Å²) in [6.45, 7) is 1.88. The average Bonchev–Trinajstić information content (AvgIpc) is 2.69. The van der Waals surface area contributed by atoms with Gasteiger partial charge in [-0.05, 0) is 18.1 Å². The summed E-state index contributed by atoms with van der Waals surface area (Å²) < 4.78 is 24.9. The van der Waals surface area contributed by atoms with Gasteiger partial charge < -0.3 is 5.73 Å². The lowest BCUT2D eigenvalue weighted by atomic mass is 10.1. The lowest BCUT2D eigenvalue weighted by Gasteiger charge is -2.06. The number of hydrogen-bond acceptors (Lipinski definition) is 4. The van der Waals surface area contributed by atoms with Gasteiger partial charge in [-0.1, -0.05) is 24.3 Å². The number of aromatic nitrogens is 2. The zero-order valence-electron chi connectivity index (χ0n) is 9.37. The van der Waals surface area contributed by atoms with Gasteiger partial charge in [-0.25, -0.2) is 8.42 Å². The summed E-state index contributed by atoms with van der Waals surface area (Å²) in [5.41, 5.74) is 7.11. The van der Waals surface area contributed by atoms with Crippen LogP contribution in [-0.2, 0) is 15.8 Å². The maximum absolute atomic E-state index is 12.0. The Kier molecular flexibility index (Phi) is 2.89. The summed E-state index contributed by atoms with van der Waals surface area (Å²) in [5, 5.41) is 3.71. The van der Waals surface area contributed by atoms with Crippen LogP contribution < -0.4 is 5.73 Å². The third-order valence-electron chi connectivity index (χ3n) is 2.47. The molecule has 17 heavy (non-hydrogen) atoms. The minimum Gasteiger partial charge on any atom is -0.382 e. The summed E-state index contributed by atoms with van der Waals surface area (Å²) in [7, 11) is -3.49. The van der Waals surface area contributed by atoms with Crippen LogP contribution in [0.3, 0.4) is 0 Å². The van der Waals surface area contributed by atoms with E-state index in [2.05, 4.69) is 5.10 Å². The number of anilines is 1. The van der Waals surface area contributed by atoms with Crippen LogP contribution in [0.4, 0.5) is 5.82 Å². The van der Waals surface area contributed by atoms with E-state index >= 15 is 0 Å². The Morgan fingerprint density at radius 1 is 1.29 bits per heavy atom. The topological polar surface area (TPSA) is 78.0 Å². The van der Waals surface area contributed by atoms with E-state index in [9.17, 15) is 8.42 Å². The Hall–Kier alpha value is -1.82. The van der Waals surface area contributed by atoms with Crippen molar-refractivity contribution in [2.45, 2.75) is 12.7 Å². The fourth-order valence-electron chi connectivity index (χ4n) is 1.51. The zero-order valence-corrected chi connectivity index (χ0v) is 10.2. The van der Waals surface area contributed by atoms with Gasteiger partial charge in [-0.3, -0.25) is 0 Å². The van der Waals surface area contributed by atoms with E-state index in [0.29, 0.717) is 0 Å². The van der Waals surface area contributed by atoms with Crippen molar-refractivity contribution < 1.29 is 8.42 Å². The fraction of sp³-hybridized carbons (Fsp3) is 0.182. The molecule has 0 saturated heterocycles. The molecule has 1 aromatic heterocycles. The van der Waals surface area contributed by atoms with Gasteiger partial charge in [0, 0.05) is 12.3 Å². The quantitative estimate of drug-likeness (QED) is 0.887. The largest absolute Gasteiger partial charge is 0.382 e.